The molecule has 0 amide bonds. The van der Waals surface area contributed by atoms with Crippen LogP contribution in [0, 0.1) is 12.3 Å². The van der Waals surface area contributed by atoms with Gasteiger partial charge in [-0.25, -0.2) is 0 Å². The molecule has 3 nitrogen and oxygen atoms in total. The summed E-state index contributed by atoms with van der Waals surface area (Å²) in [7, 11) is 4.27. The Morgan fingerprint density at radius 3 is 2.68 bits per heavy atom. The Morgan fingerprint density at radius 2 is 2.11 bits per heavy atom. The molecular formula is C16H29N3. The summed E-state index contributed by atoms with van der Waals surface area (Å²) in [4.78, 5) is 2.25. The molecule has 0 saturated heterocycles. The molecule has 0 bridgehead atoms. The normalized spacial score (nSPS) is 23.5. The smallest absolute Gasteiger partial charge is 0.0434 e. The highest BCUT2D eigenvalue weighted by atomic mass is 15.1. The van der Waals surface area contributed by atoms with Crippen LogP contribution in [-0.4, -0.2) is 30.1 Å². The number of fused-ring (bicyclic) bond motifs is 1. The van der Waals surface area contributed by atoms with Gasteiger partial charge in [0.25, 0.3) is 0 Å². The third-order valence-corrected chi connectivity index (χ3v) is 4.26. The Bertz CT molecular complexity index is 457. The highest BCUT2D eigenvalue weighted by Gasteiger charge is 2.34. The van der Waals surface area contributed by atoms with Gasteiger partial charge in [-0.3, -0.25) is 0 Å². The van der Waals surface area contributed by atoms with E-state index in [9.17, 15) is 0 Å². The number of nitrogens with two attached hydrogens (primary N) is 1. The lowest BCUT2D eigenvalue weighted by Gasteiger charge is -2.35. The van der Waals surface area contributed by atoms with E-state index >= 15 is 0 Å². The molecule has 1 aromatic heterocycles. The molecule has 0 aromatic carbocycles. The van der Waals surface area contributed by atoms with E-state index < -0.39 is 0 Å². The maximum absolute atomic E-state index is 6.38. The van der Waals surface area contributed by atoms with E-state index in [1.54, 1.807) is 0 Å². The van der Waals surface area contributed by atoms with Crippen LogP contribution in [0.25, 0.3) is 0 Å². The first-order valence-electron chi connectivity index (χ1n) is 7.32. The minimum atomic E-state index is 0.199. The van der Waals surface area contributed by atoms with Crippen molar-refractivity contribution in [1.29, 1.82) is 0 Å². The number of aromatic nitrogens is 1. The Kier molecular flexibility index (Phi) is 3.80. The summed E-state index contributed by atoms with van der Waals surface area (Å²) in [5.41, 5.74) is 10.9. The molecule has 108 valence electrons. The summed E-state index contributed by atoms with van der Waals surface area (Å²) in [5.74, 6) is 0. The molecule has 0 radical (unpaired) electrons. The monoisotopic (exact) mass is 263 g/mol. The Balaban J connectivity index is 2.41. The van der Waals surface area contributed by atoms with E-state index in [1.807, 2.05) is 0 Å². The molecular weight excluding hydrogens is 234 g/mol. The Labute approximate surface area is 117 Å². The lowest BCUT2D eigenvalue weighted by Crippen LogP contribution is -2.32. The first-order chi connectivity index (χ1) is 8.71. The van der Waals surface area contributed by atoms with E-state index in [1.165, 1.54) is 17.0 Å². The molecule has 1 heterocycles. The van der Waals surface area contributed by atoms with Crippen molar-refractivity contribution in [3.63, 3.8) is 0 Å². The van der Waals surface area contributed by atoms with Crippen LogP contribution >= 0.6 is 0 Å². The van der Waals surface area contributed by atoms with Crippen LogP contribution < -0.4 is 5.73 Å². The van der Waals surface area contributed by atoms with Gasteiger partial charge in [0.2, 0.25) is 0 Å². The molecule has 0 spiro atoms. The number of nitrogens with zero attached hydrogens (tertiary/aromatic N) is 2. The highest BCUT2D eigenvalue weighted by Crippen LogP contribution is 2.41. The number of hydrogen-bond donors (Lipinski definition) is 1. The zero-order valence-corrected chi connectivity index (χ0v) is 13.3. The Hall–Kier alpha value is -0.800. The van der Waals surface area contributed by atoms with Crippen molar-refractivity contribution >= 4 is 0 Å². The predicted molar refractivity (Wildman–Crippen MR) is 81.5 cm³/mol. The van der Waals surface area contributed by atoms with Crippen LogP contribution in [-0.2, 0) is 6.42 Å². The fraction of sp³-hybridized carbons (Fsp3) is 0.750. The molecule has 0 saturated carbocycles. The largest absolute Gasteiger partial charge is 0.345 e. The lowest BCUT2D eigenvalue weighted by molar-refractivity contribution is 0.265. The van der Waals surface area contributed by atoms with Gasteiger partial charge >= 0.3 is 0 Å². The van der Waals surface area contributed by atoms with Gasteiger partial charge in [-0.05, 0) is 57.8 Å². The first kappa shape index (κ1) is 14.6. The van der Waals surface area contributed by atoms with Gasteiger partial charge in [0, 0.05) is 30.0 Å². The van der Waals surface area contributed by atoms with Crippen molar-refractivity contribution in [1.82, 2.24) is 9.47 Å². The molecule has 2 N–H and O–H groups in total. The fourth-order valence-electron chi connectivity index (χ4n) is 3.69. The van der Waals surface area contributed by atoms with Gasteiger partial charge in [-0.1, -0.05) is 13.8 Å². The molecule has 2 atom stereocenters. The average Bonchev–Trinajstić information content (AvgIpc) is 2.52. The van der Waals surface area contributed by atoms with Crippen LogP contribution in [0.5, 0.6) is 0 Å². The summed E-state index contributed by atoms with van der Waals surface area (Å²) in [5, 5.41) is 0. The van der Waals surface area contributed by atoms with E-state index in [4.69, 9.17) is 5.73 Å². The number of rotatable bonds is 3. The summed E-state index contributed by atoms with van der Waals surface area (Å²) in [6.07, 6.45) is 2.23. The standard InChI is InChI=1S/C16H29N3/c1-11-7-13-14(17)8-16(3,4)9-15(13)19(11)12(2)10-18(5)6/h7,12,14H,8-10,17H2,1-6H3. The zero-order chi connectivity index (χ0) is 14.4. The molecule has 1 aromatic rings. The fourth-order valence-corrected chi connectivity index (χ4v) is 3.69. The van der Waals surface area contributed by atoms with Gasteiger partial charge < -0.3 is 15.2 Å². The second-order valence-corrected chi connectivity index (χ2v) is 7.32. The summed E-state index contributed by atoms with van der Waals surface area (Å²) < 4.78 is 2.51. The molecule has 0 aliphatic heterocycles. The minimum Gasteiger partial charge on any atom is -0.345 e. The molecule has 0 fully saturated rings. The van der Waals surface area contributed by atoms with Crippen molar-refractivity contribution in [2.24, 2.45) is 11.1 Å². The molecule has 19 heavy (non-hydrogen) atoms. The molecule has 2 unspecified atom stereocenters. The van der Waals surface area contributed by atoms with E-state index in [2.05, 4.69) is 57.3 Å². The van der Waals surface area contributed by atoms with Gasteiger partial charge in [0.1, 0.15) is 0 Å². The highest BCUT2D eigenvalue weighted by molar-refractivity contribution is 5.34. The quantitative estimate of drug-likeness (QED) is 0.910. The van der Waals surface area contributed by atoms with Crippen LogP contribution in [0.2, 0.25) is 0 Å². The van der Waals surface area contributed by atoms with Gasteiger partial charge in [-0.15, -0.1) is 0 Å². The van der Waals surface area contributed by atoms with Crippen molar-refractivity contribution in [2.45, 2.75) is 52.6 Å². The first-order valence-corrected chi connectivity index (χ1v) is 7.32. The van der Waals surface area contributed by atoms with Crippen molar-refractivity contribution in [3.05, 3.63) is 23.0 Å². The maximum Gasteiger partial charge on any atom is 0.0434 e. The second kappa shape index (κ2) is 4.95. The summed E-state index contributed by atoms with van der Waals surface area (Å²) in [6.45, 7) is 10.3. The van der Waals surface area contributed by atoms with E-state index in [0.717, 1.165) is 19.4 Å². The molecule has 3 heteroatoms. The maximum atomic E-state index is 6.38. The number of likely N-dealkylation sites (N-methyl/N-ethyl adjacent to an activating group) is 1. The van der Waals surface area contributed by atoms with Crippen LogP contribution in [0.4, 0.5) is 0 Å². The van der Waals surface area contributed by atoms with Gasteiger partial charge in [0.15, 0.2) is 0 Å². The van der Waals surface area contributed by atoms with E-state index in [-0.39, 0.29) is 6.04 Å². The molecule has 2 rings (SSSR count). The third-order valence-electron chi connectivity index (χ3n) is 4.26. The minimum absolute atomic E-state index is 0.199. The van der Waals surface area contributed by atoms with Crippen LogP contribution in [0.3, 0.4) is 0 Å². The van der Waals surface area contributed by atoms with Crippen LogP contribution in [0.1, 0.15) is 56.2 Å². The average molecular weight is 263 g/mol. The predicted octanol–water partition coefficient (Wildman–Crippen LogP) is 2.89. The van der Waals surface area contributed by atoms with Crippen LogP contribution in [0.15, 0.2) is 6.07 Å². The Morgan fingerprint density at radius 1 is 1.47 bits per heavy atom. The van der Waals surface area contributed by atoms with Crippen molar-refractivity contribution in [3.8, 4) is 0 Å². The number of hydrogen-bond acceptors (Lipinski definition) is 2. The lowest BCUT2D eigenvalue weighted by atomic mass is 9.74. The summed E-state index contributed by atoms with van der Waals surface area (Å²) in [6, 6.07) is 3.01. The number of aryl methyl sites for hydroxylation is 1. The van der Waals surface area contributed by atoms with Gasteiger partial charge in [0.05, 0.1) is 0 Å². The zero-order valence-electron chi connectivity index (χ0n) is 13.3. The van der Waals surface area contributed by atoms with E-state index in [0.29, 0.717) is 11.5 Å². The topological polar surface area (TPSA) is 34.2 Å². The molecule has 1 aliphatic carbocycles. The third kappa shape index (κ3) is 2.87. The summed E-state index contributed by atoms with van der Waals surface area (Å²) >= 11 is 0. The van der Waals surface area contributed by atoms with Crippen molar-refractivity contribution in [2.75, 3.05) is 20.6 Å². The second-order valence-electron chi connectivity index (χ2n) is 7.32. The SMILES string of the molecule is Cc1cc2c(n1C(C)CN(C)C)CC(C)(C)CC2N. The van der Waals surface area contributed by atoms with Gasteiger partial charge in [-0.2, -0.15) is 0 Å². The van der Waals surface area contributed by atoms with Crippen molar-refractivity contribution < 1.29 is 0 Å². The molecule has 1 aliphatic rings.